The maximum Gasteiger partial charge on any atom is 0.345 e. The van der Waals surface area contributed by atoms with Crippen LogP contribution in [0.15, 0.2) is 60.8 Å². The minimum absolute atomic E-state index is 0.317. The molecule has 4 nitrogen and oxygen atoms in total. The number of carbonyl (C=O) groups excluding carboxylic acids is 1. The lowest BCUT2D eigenvalue weighted by Crippen LogP contribution is -2.27. The molecule has 0 aromatic rings. The highest BCUT2D eigenvalue weighted by Gasteiger charge is 2.21. The predicted octanol–water partition coefficient (Wildman–Crippen LogP) is 14.1. The molecule has 0 aliphatic rings. The van der Waals surface area contributed by atoms with E-state index in [9.17, 15) is 14.7 Å². The summed E-state index contributed by atoms with van der Waals surface area (Å²) in [6.07, 6.45) is 54.0. The molecule has 1 unspecified atom stereocenters. The summed E-state index contributed by atoms with van der Waals surface area (Å²) in [5.41, 5.74) is 0. The van der Waals surface area contributed by atoms with Crippen molar-refractivity contribution in [3.05, 3.63) is 60.8 Å². The van der Waals surface area contributed by atoms with Gasteiger partial charge in [0.15, 0.2) is 6.10 Å². The van der Waals surface area contributed by atoms with Gasteiger partial charge < -0.3 is 9.84 Å². The van der Waals surface area contributed by atoms with Crippen LogP contribution in [-0.4, -0.2) is 23.1 Å². The summed E-state index contributed by atoms with van der Waals surface area (Å²) in [5.74, 6) is -1.38. The third-order valence-corrected chi connectivity index (χ3v) is 8.78. The highest BCUT2D eigenvalue weighted by atomic mass is 16.6. The molecule has 4 heteroatoms. The fourth-order valence-corrected chi connectivity index (χ4v) is 5.76. The van der Waals surface area contributed by atoms with Gasteiger partial charge in [0.1, 0.15) is 0 Å². The Morgan fingerprint density at radius 2 is 0.854 bits per heavy atom. The van der Waals surface area contributed by atoms with Crippen LogP contribution in [-0.2, 0) is 14.3 Å². The summed E-state index contributed by atoms with van der Waals surface area (Å²) < 4.78 is 5.32. The van der Waals surface area contributed by atoms with Crippen molar-refractivity contribution >= 4 is 11.9 Å². The van der Waals surface area contributed by atoms with Gasteiger partial charge in [0, 0.05) is 6.42 Å². The third-order valence-electron chi connectivity index (χ3n) is 8.78. The molecule has 0 bridgehead atoms. The smallest absolute Gasteiger partial charge is 0.345 e. The molecule has 48 heavy (non-hydrogen) atoms. The van der Waals surface area contributed by atoms with Crippen molar-refractivity contribution in [2.45, 2.75) is 206 Å². The van der Waals surface area contributed by atoms with Crippen molar-refractivity contribution < 1.29 is 19.4 Å². The number of carboxylic acid groups (broad SMARTS) is 1. The van der Waals surface area contributed by atoms with E-state index in [-0.39, 0.29) is 5.97 Å². The van der Waals surface area contributed by atoms with Gasteiger partial charge in [-0.05, 0) is 64.2 Å². The minimum Gasteiger partial charge on any atom is -0.479 e. The minimum atomic E-state index is -1.01. The van der Waals surface area contributed by atoms with Crippen LogP contribution in [0.4, 0.5) is 0 Å². The van der Waals surface area contributed by atoms with Gasteiger partial charge in [-0.15, -0.1) is 0 Å². The highest BCUT2D eigenvalue weighted by Crippen LogP contribution is 2.16. The van der Waals surface area contributed by atoms with Gasteiger partial charge in [0.05, 0.1) is 0 Å². The van der Waals surface area contributed by atoms with E-state index in [2.05, 4.69) is 74.6 Å². The number of hydrogen-bond acceptors (Lipinski definition) is 3. The van der Waals surface area contributed by atoms with E-state index in [0.717, 1.165) is 89.9 Å². The lowest BCUT2D eigenvalue weighted by atomic mass is 10.0. The lowest BCUT2D eigenvalue weighted by molar-refractivity contribution is -0.164. The number of esters is 1. The highest BCUT2D eigenvalue weighted by molar-refractivity contribution is 5.77. The standard InChI is InChI=1S/C44H76O4/c1-3-5-7-9-11-13-15-17-19-21-22-23-24-25-27-29-31-33-35-37-39-41-43(45)48-42(44(46)47)40-38-36-34-32-30-28-26-20-18-16-14-12-10-8-6-4-2/h5,7,11,13,17,19,22-23,25,27,42H,3-4,6,8-10,12,14-16,18,20-21,24,26,28-41H2,1-2H3,(H,46,47)/b7-5-,13-11-,19-17-,23-22-,27-25-. The van der Waals surface area contributed by atoms with Gasteiger partial charge in [0.25, 0.3) is 0 Å². The topological polar surface area (TPSA) is 63.6 Å². The van der Waals surface area contributed by atoms with Crippen molar-refractivity contribution in [3.8, 4) is 0 Å². The van der Waals surface area contributed by atoms with Crippen LogP contribution in [0.1, 0.15) is 200 Å². The van der Waals surface area contributed by atoms with Crippen molar-refractivity contribution in [3.63, 3.8) is 0 Å². The zero-order chi connectivity index (χ0) is 35.0. The Morgan fingerprint density at radius 3 is 1.29 bits per heavy atom. The summed E-state index contributed by atoms with van der Waals surface area (Å²) in [5, 5.41) is 9.50. The average Bonchev–Trinajstić information content (AvgIpc) is 3.08. The van der Waals surface area contributed by atoms with Gasteiger partial charge >= 0.3 is 11.9 Å². The number of carboxylic acids is 1. The molecule has 0 rings (SSSR count). The maximum atomic E-state index is 12.2. The normalized spacial score (nSPS) is 12.9. The second-order valence-corrected chi connectivity index (χ2v) is 13.4. The Hall–Kier alpha value is -2.36. The monoisotopic (exact) mass is 669 g/mol. The number of carbonyl (C=O) groups is 2. The van der Waals surface area contributed by atoms with Crippen LogP contribution < -0.4 is 0 Å². The first-order valence-corrected chi connectivity index (χ1v) is 20.3. The second-order valence-electron chi connectivity index (χ2n) is 13.4. The van der Waals surface area contributed by atoms with Crippen LogP contribution in [0, 0.1) is 0 Å². The first-order chi connectivity index (χ1) is 23.6. The number of ether oxygens (including phenoxy) is 1. The van der Waals surface area contributed by atoms with Gasteiger partial charge in [0.2, 0.25) is 0 Å². The van der Waals surface area contributed by atoms with E-state index in [1.807, 2.05) is 0 Å². The Morgan fingerprint density at radius 1 is 0.479 bits per heavy atom. The molecule has 1 atom stereocenters. The Labute approximate surface area is 297 Å². The van der Waals surface area contributed by atoms with Crippen LogP contribution in [0.2, 0.25) is 0 Å². The zero-order valence-electron chi connectivity index (χ0n) is 31.5. The number of unbranched alkanes of at least 4 members (excludes halogenated alkanes) is 20. The summed E-state index contributed by atoms with van der Waals surface area (Å²) in [6, 6.07) is 0. The van der Waals surface area contributed by atoms with Gasteiger partial charge in [-0.1, -0.05) is 190 Å². The number of aliphatic carboxylic acids is 1. The Kier molecular flexibility index (Phi) is 37.2. The number of rotatable bonds is 36. The Balaban J connectivity index is 3.62. The lowest BCUT2D eigenvalue weighted by Gasteiger charge is -2.13. The average molecular weight is 669 g/mol. The fourth-order valence-electron chi connectivity index (χ4n) is 5.76. The molecule has 276 valence electrons. The Bertz CT molecular complexity index is 850. The molecule has 0 radical (unpaired) electrons. The number of allylic oxidation sites excluding steroid dienone is 10. The van der Waals surface area contributed by atoms with E-state index in [0.29, 0.717) is 12.8 Å². The molecule has 0 aromatic heterocycles. The third kappa shape index (κ3) is 36.5. The van der Waals surface area contributed by atoms with Gasteiger partial charge in [-0.25, -0.2) is 4.79 Å². The molecule has 0 fully saturated rings. The van der Waals surface area contributed by atoms with Crippen LogP contribution in [0.25, 0.3) is 0 Å². The van der Waals surface area contributed by atoms with E-state index >= 15 is 0 Å². The molecular formula is C44H76O4. The molecule has 1 N–H and O–H groups in total. The molecule has 0 amide bonds. The van der Waals surface area contributed by atoms with E-state index in [4.69, 9.17) is 4.74 Å². The molecule has 0 aliphatic heterocycles. The molecular weight excluding hydrogens is 592 g/mol. The van der Waals surface area contributed by atoms with E-state index < -0.39 is 12.1 Å². The molecule has 0 aromatic carbocycles. The SMILES string of the molecule is CC/C=C\C/C=C\C/C=C\C/C=C\C/C=C\CCCCCCCC(=O)OC(CCCCCCCCCCCCCCCCCC)C(=O)O. The van der Waals surface area contributed by atoms with Crippen LogP contribution in [0.3, 0.4) is 0 Å². The zero-order valence-corrected chi connectivity index (χ0v) is 31.5. The molecule has 0 aliphatic carbocycles. The van der Waals surface area contributed by atoms with Crippen molar-refractivity contribution in [2.24, 2.45) is 0 Å². The van der Waals surface area contributed by atoms with Gasteiger partial charge in [-0.2, -0.15) is 0 Å². The fraction of sp³-hybridized carbons (Fsp3) is 0.727. The molecule has 0 saturated heterocycles. The van der Waals surface area contributed by atoms with Crippen LogP contribution in [0.5, 0.6) is 0 Å². The van der Waals surface area contributed by atoms with Crippen LogP contribution >= 0.6 is 0 Å². The van der Waals surface area contributed by atoms with Crippen molar-refractivity contribution in [1.82, 2.24) is 0 Å². The van der Waals surface area contributed by atoms with Crippen molar-refractivity contribution in [1.29, 1.82) is 0 Å². The summed E-state index contributed by atoms with van der Waals surface area (Å²) >= 11 is 0. The largest absolute Gasteiger partial charge is 0.479 e. The summed E-state index contributed by atoms with van der Waals surface area (Å²) in [7, 11) is 0. The first kappa shape index (κ1) is 45.6. The predicted molar refractivity (Wildman–Crippen MR) is 208 cm³/mol. The maximum absolute atomic E-state index is 12.2. The quantitative estimate of drug-likeness (QED) is 0.0410. The molecule has 0 spiro atoms. The van der Waals surface area contributed by atoms with E-state index in [1.54, 1.807) is 0 Å². The van der Waals surface area contributed by atoms with Gasteiger partial charge in [-0.3, -0.25) is 4.79 Å². The first-order valence-electron chi connectivity index (χ1n) is 20.3. The molecule has 0 saturated carbocycles. The van der Waals surface area contributed by atoms with Crippen molar-refractivity contribution in [2.75, 3.05) is 0 Å². The molecule has 0 heterocycles. The van der Waals surface area contributed by atoms with E-state index in [1.165, 1.54) is 83.5 Å². The second kappa shape index (κ2) is 39.1. The number of hydrogen-bond donors (Lipinski definition) is 1. The summed E-state index contributed by atoms with van der Waals surface area (Å²) in [6.45, 7) is 4.43. The summed E-state index contributed by atoms with van der Waals surface area (Å²) in [4.78, 5) is 23.8.